The first-order chi connectivity index (χ1) is 15.9. The number of H-pyrrole nitrogens is 1. The Bertz CT molecular complexity index is 1250. The van der Waals surface area contributed by atoms with Crippen molar-refractivity contribution in [2.45, 2.75) is 26.8 Å². The van der Waals surface area contributed by atoms with Crippen molar-refractivity contribution < 1.29 is 4.39 Å². The Balaban J connectivity index is 1.54. The Morgan fingerprint density at radius 3 is 2.48 bits per heavy atom. The molecule has 0 atom stereocenters. The van der Waals surface area contributed by atoms with Crippen molar-refractivity contribution in [2.24, 2.45) is 0 Å². The number of piperazine rings is 1. The zero-order chi connectivity index (χ0) is 22.9. The van der Waals surface area contributed by atoms with Crippen LogP contribution in [0.3, 0.4) is 0 Å². The lowest BCUT2D eigenvalue weighted by molar-refractivity contribution is 0.146. The van der Waals surface area contributed by atoms with E-state index in [0.717, 1.165) is 78.2 Å². The third kappa shape index (κ3) is 4.74. The molecule has 0 amide bonds. The fraction of sp³-hybridized carbons (Fsp3) is 0.375. The van der Waals surface area contributed by atoms with Gasteiger partial charge in [-0.2, -0.15) is 10.2 Å². The monoisotopic (exact) mass is 448 g/mol. The number of likely N-dealkylation sites (N-methyl/N-ethyl adjacent to an activating group) is 1. The normalized spacial score (nSPS) is 15.4. The molecule has 33 heavy (non-hydrogen) atoms. The Hall–Kier alpha value is -3.30. The minimum atomic E-state index is -0.233. The third-order valence-corrected chi connectivity index (χ3v) is 6.20. The van der Waals surface area contributed by atoms with Crippen LogP contribution in [0.4, 0.5) is 16.0 Å². The van der Waals surface area contributed by atoms with Gasteiger partial charge in [0.15, 0.2) is 11.5 Å². The van der Waals surface area contributed by atoms with Crippen molar-refractivity contribution in [1.29, 1.82) is 0 Å². The fourth-order valence-electron chi connectivity index (χ4n) is 4.27. The van der Waals surface area contributed by atoms with E-state index in [1.54, 1.807) is 0 Å². The second-order valence-corrected chi connectivity index (χ2v) is 8.88. The van der Waals surface area contributed by atoms with Crippen molar-refractivity contribution in [3.8, 4) is 0 Å². The minimum Gasteiger partial charge on any atom is -0.323 e. The Morgan fingerprint density at radius 1 is 1.03 bits per heavy atom. The van der Waals surface area contributed by atoms with Crippen molar-refractivity contribution in [3.63, 3.8) is 0 Å². The van der Waals surface area contributed by atoms with Crippen LogP contribution in [0.1, 0.15) is 28.2 Å². The molecule has 1 fully saturated rings. The van der Waals surface area contributed by atoms with Gasteiger partial charge in [0.2, 0.25) is 0 Å². The summed E-state index contributed by atoms with van der Waals surface area (Å²) in [6.45, 7) is 8.92. The number of aryl methyl sites for hydroxylation is 2. The van der Waals surface area contributed by atoms with Gasteiger partial charge >= 0.3 is 0 Å². The molecule has 1 saturated heterocycles. The summed E-state index contributed by atoms with van der Waals surface area (Å²) in [5, 5.41) is 15.5. The van der Waals surface area contributed by atoms with E-state index in [4.69, 9.17) is 10.1 Å². The highest BCUT2D eigenvalue weighted by Gasteiger charge is 2.20. The molecule has 8 nitrogen and oxygen atoms in total. The van der Waals surface area contributed by atoms with Gasteiger partial charge in [0.1, 0.15) is 11.6 Å². The summed E-state index contributed by atoms with van der Waals surface area (Å²) in [4.78, 5) is 9.72. The maximum absolute atomic E-state index is 13.4. The molecule has 0 radical (unpaired) electrons. The maximum Gasteiger partial charge on any atom is 0.161 e. The molecule has 9 heteroatoms. The number of nitrogens with one attached hydrogen (secondary N) is 2. The fourth-order valence-corrected chi connectivity index (χ4v) is 4.27. The quantitative estimate of drug-likeness (QED) is 0.471. The Morgan fingerprint density at radius 2 is 1.79 bits per heavy atom. The Kier molecular flexibility index (Phi) is 5.82. The standard InChI is InChI=1S/C24H29FN8/c1-16-12-23(29-28-16)26-22-14-20(15-32-10-8-31(3)9-11-32)33-24(27-22)21(17(2)30-33)13-18-4-6-19(25)7-5-18/h4-7,12,14H,8-11,13,15H2,1-3H3,(H2,26,27,28,29). The number of halogens is 1. The number of fused-ring (bicyclic) bond motifs is 1. The van der Waals surface area contributed by atoms with E-state index in [-0.39, 0.29) is 5.82 Å². The van der Waals surface area contributed by atoms with Crippen LogP contribution in [0.2, 0.25) is 0 Å². The van der Waals surface area contributed by atoms with E-state index < -0.39 is 0 Å². The summed E-state index contributed by atoms with van der Waals surface area (Å²) in [6, 6.07) is 10.6. The molecule has 0 bridgehead atoms. The molecule has 1 aliphatic rings. The van der Waals surface area contributed by atoms with Crippen LogP contribution in [0.25, 0.3) is 5.65 Å². The summed E-state index contributed by atoms with van der Waals surface area (Å²) in [5.41, 5.74) is 5.87. The van der Waals surface area contributed by atoms with Crippen molar-refractivity contribution in [3.05, 3.63) is 70.4 Å². The molecule has 1 aliphatic heterocycles. The zero-order valence-electron chi connectivity index (χ0n) is 19.3. The van der Waals surface area contributed by atoms with Gasteiger partial charge in [-0.05, 0) is 38.6 Å². The molecule has 172 valence electrons. The van der Waals surface area contributed by atoms with Gasteiger partial charge in [-0.3, -0.25) is 10.00 Å². The first-order valence-corrected chi connectivity index (χ1v) is 11.3. The van der Waals surface area contributed by atoms with Crippen LogP contribution in [-0.2, 0) is 13.0 Å². The number of anilines is 2. The number of aromatic nitrogens is 5. The van der Waals surface area contributed by atoms with Crippen LogP contribution < -0.4 is 5.32 Å². The molecular weight excluding hydrogens is 419 g/mol. The second kappa shape index (κ2) is 8.92. The zero-order valence-corrected chi connectivity index (χ0v) is 19.3. The number of benzene rings is 1. The predicted octanol–water partition coefficient (Wildman–Crippen LogP) is 3.29. The van der Waals surface area contributed by atoms with Crippen LogP contribution in [0.5, 0.6) is 0 Å². The molecule has 3 aromatic heterocycles. The molecule has 5 rings (SSSR count). The van der Waals surface area contributed by atoms with E-state index in [1.165, 1.54) is 12.1 Å². The molecule has 0 spiro atoms. The summed E-state index contributed by atoms with van der Waals surface area (Å²) in [5.74, 6) is 1.23. The first kappa shape index (κ1) is 21.5. The molecule has 0 aliphatic carbocycles. The highest BCUT2D eigenvalue weighted by molar-refractivity contribution is 5.60. The average Bonchev–Trinajstić information content (AvgIpc) is 3.34. The molecule has 4 heterocycles. The molecule has 1 aromatic carbocycles. The SMILES string of the molecule is Cc1cc(Nc2cc(CN3CCN(C)CC3)n3nc(C)c(Cc4ccc(F)cc4)c3n2)n[nH]1. The minimum absolute atomic E-state index is 0.233. The average molecular weight is 449 g/mol. The van der Waals surface area contributed by atoms with Gasteiger partial charge in [-0.15, -0.1) is 0 Å². The van der Waals surface area contributed by atoms with E-state index in [1.807, 2.05) is 36.6 Å². The highest BCUT2D eigenvalue weighted by Crippen LogP contribution is 2.24. The number of rotatable bonds is 6. The van der Waals surface area contributed by atoms with Gasteiger partial charge in [0, 0.05) is 62.5 Å². The van der Waals surface area contributed by atoms with Gasteiger partial charge in [-0.1, -0.05) is 12.1 Å². The van der Waals surface area contributed by atoms with Crippen molar-refractivity contribution in [2.75, 3.05) is 38.5 Å². The summed E-state index contributed by atoms with van der Waals surface area (Å²) >= 11 is 0. The lowest BCUT2D eigenvalue weighted by Gasteiger charge is -2.32. The van der Waals surface area contributed by atoms with Crippen molar-refractivity contribution >= 4 is 17.3 Å². The lowest BCUT2D eigenvalue weighted by atomic mass is 10.1. The number of aromatic amines is 1. The maximum atomic E-state index is 13.4. The van der Waals surface area contributed by atoms with E-state index >= 15 is 0 Å². The van der Waals surface area contributed by atoms with Gasteiger partial charge in [0.05, 0.1) is 11.4 Å². The predicted molar refractivity (Wildman–Crippen MR) is 126 cm³/mol. The van der Waals surface area contributed by atoms with Gasteiger partial charge < -0.3 is 10.2 Å². The van der Waals surface area contributed by atoms with Gasteiger partial charge in [-0.25, -0.2) is 13.9 Å². The molecular formula is C24H29FN8. The number of nitrogens with zero attached hydrogens (tertiary/aromatic N) is 6. The third-order valence-electron chi connectivity index (χ3n) is 6.20. The lowest BCUT2D eigenvalue weighted by Crippen LogP contribution is -2.44. The van der Waals surface area contributed by atoms with E-state index in [2.05, 4.69) is 38.4 Å². The van der Waals surface area contributed by atoms with Crippen LogP contribution >= 0.6 is 0 Å². The molecule has 2 N–H and O–H groups in total. The number of hydrogen-bond donors (Lipinski definition) is 2. The van der Waals surface area contributed by atoms with Crippen LogP contribution in [-0.4, -0.2) is 67.8 Å². The summed E-state index contributed by atoms with van der Waals surface area (Å²) in [6.07, 6.45) is 0.640. The smallest absolute Gasteiger partial charge is 0.161 e. The van der Waals surface area contributed by atoms with Gasteiger partial charge in [0.25, 0.3) is 0 Å². The van der Waals surface area contributed by atoms with Crippen LogP contribution in [0, 0.1) is 19.7 Å². The van der Waals surface area contributed by atoms with Crippen molar-refractivity contribution in [1.82, 2.24) is 34.6 Å². The highest BCUT2D eigenvalue weighted by atomic mass is 19.1. The first-order valence-electron chi connectivity index (χ1n) is 11.3. The van der Waals surface area contributed by atoms with Crippen LogP contribution in [0.15, 0.2) is 36.4 Å². The molecule has 4 aromatic rings. The largest absolute Gasteiger partial charge is 0.323 e. The molecule has 0 saturated carbocycles. The molecule has 0 unspecified atom stereocenters. The topological polar surface area (TPSA) is 77.4 Å². The van der Waals surface area contributed by atoms with E-state index in [9.17, 15) is 4.39 Å². The number of hydrogen-bond acceptors (Lipinski definition) is 6. The Labute approximate surface area is 192 Å². The van der Waals surface area contributed by atoms with E-state index in [0.29, 0.717) is 6.42 Å². The summed E-state index contributed by atoms with van der Waals surface area (Å²) in [7, 11) is 2.16. The second-order valence-electron chi connectivity index (χ2n) is 8.88. The summed E-state index contributed by atoms with van der Waals surface area (Å²) < 4.78 is 15.4.